The third-order valence-electron chi connectivity index (χ3n) is 5.44. The summed E-state index contributed by atoms with van der Waals surface area (Å²) in [6.45, 7) is 3.30. The lowest BCUT2D eigenvalue weighted by Crippen LogP contribution is -2.29. The van der Waals surface area contributed by atoms with E-state index in [-0.39, 0.29) is 18.5 Å². The number of nitrogens with zero attached hydrogens (tertiary/aromatic N) is 2. The number of carbonyl (C=O) groups is 1. The summed E-state index contributed by atoms with van der Waals surface area (Å²) in [6, 6.07) is 16.7. The smallest absolute Gasteiger partial charge is 0.243 e. The Balaban J connectivity index is 1.50. The molecule has 2 aromatic carbocycles. The molecule has 1 saturated heterocycles. The number of hydrogen-bond acceptors (Lipinski definition) is 3. The summed E-state index contributed by atoms with van der Waals surface area (Å²) in [6.07, 6.45) is 3.65. The van der Waals surface area contributed by atoms with Gasteiger partial charge in [-0.3, -0.25) is 4.79 Å². The summed E-state index contributed by atoms with van der Waals surface area (Å²) < 4.78 is 28.9. The minimum absolute atomic E-state index is 0.0808. The van der Waals surface area contributed by atoms with Gasteiger partial charge in [0, 0.05) is 30.2 Å². The normalized spacial score (nSPS) is 16.2. The first kappa shape index (κ1) is 19.7. The second-order valence-corrected chi connectivity index (χ2v) is 9.41. The van der Waals surface area contributed by atoms with Gasteiger partial charge < -0.3 is 9.88 Å². The lowest BCUT2D eigenvalue weighted by atomic mass is 10.1. The second-order valence-electron chi connectivity index (χ2n) is 7.48. The molecule has 1 aliphatic rings. The maximum Gasteiger partial charge on any atom is 0.243 e. The van der Waals surface area contributed by atoms with Crippen LogP contribution in [0.15, 0.2) is 65.7 Å². The van der Waals surface area contributed by atoms with Gasteiger partial charge in [0.05, 0.1) is 10.9 Å². The lowest BCUT2D eigenvalue weighted by molar-refractivity contribution is -0.122. The molecule has 1 N–H and O–H groups in total. The van der Waals surface area contributed by atoms with Crippen LogP contribution >= 0.6 is 0 Å². The van der Waals surface area contributed by atoms with Crippen molar-refractivity contribution >= 4 is 26.8 Å². The zero-order valence-corrected chi connectivity index (χ0v) is 17.2. The molecule has 7 heteroatoms. The molecule has 3 aromatic rings. The van der Waals surface area contributed by atoms with Gasteiger partial charge in [-0.25, -0.2) is 8.42 Å². The molecule has 1 aliphatic heterocycles. The first-order valence-corrected chi connectivity index (χ1v) is 11.3. The fraction of sp³-hybridized carbons (Fsp3) is 0.318. The number of hydrogen-bond donors (Lipinski definition) is 1. The Morgan fingerprint density at radius 2 is 1.79 bits per heavy atom. The Morgan fingerprint density at radius 1 is 1.07 bits per heavy atom. The molecular formula is C22H25N3O3S. The van der Waals surface area contributed by atoms with Gasteiger partial charge in [-0.2, -0.15) is 4.31 Å². The number of sulfonamides is 1. The molecule has 152 valence electrons. The molecule has 29 heavy (non-hydrogen) atoms. The van der Waals surface area contributed by atoms with Crippen LogP contribution in [-0.2, 0) is 21.4 Å². The van der Waals surface area contributed by atoms with Crippen LogP contribution < -0.4 is 5.32 Å². The molecule has 0 aliphatic carbocycles. The number of fused-ring (bicyclic) bond motifs is 1. The number of carbonyl (C=O) groups excluding carboxylic acids is 1. The fourth-order valence-corrected chi connectivity index (χ4v) is 5.37. The summed E-state index contributed by atoms with van der Waals surface area (Å²) in [5, 5.41) is 3.82. The first-order valence-electron chi connectivity index (χ1n) is 9.88. The lowest BCUT2D eigenvalue weighted by Gasteiger charge is -2.16. The molecule has 0 unspecified atom stereocenters. The van der Waals surface area contributed by atoms with Crippen molar-refractivity contribution < 1.29 is 13.2 Å². The average molecular weight is 412 g/mol. The monoisotopic (exact) mass is 411 g/mol. The molecule has 1 fully saturated rings. The van der Waals surface area contributed by atoms with Gasteiger partial charge in [-0.05, 0) is 49.6 Å². The average Bonchev–Trinajstić information content (AvgIpc) is 3.39. The largest absolute Gasteiger partial charge is 0.348 e. The minimum Gasteiger partial charge on any atom is -0.348 e. The van der Waals surface area contributed by atoms with Gasteiger partial charge in [0.15, 0.2) is 0 Å². The van der Waals surface area contributed by atoms with Crippen LogP contribution in [0.25, 0.3) is 10.9 Å². The van der Waals surface area contributed by atoms with E-state index in [2.05, 4.69) is 5.32 Å². The van der Waals surface area contributed by atoms with E-state index in [0.717, 1.165) is 29.3 Å². The minimum atomic E-state index is -3.45. The van der Waals surface area contributed by atoms with Gasteiger partial charge in [-0.1, -0.05) is 30.3 Å². The van der Waals surface area contributed by atoms with Gasteiger partial charge in [0.1, 0.15) is 6.54 Å². The summed E-state index contributed by atoms with van der Waals surface area (Å²) >= 11 is 0. The molecule has 2 heterocycles. The SMILES string of the molecule is C[C@H](NC(=O)Cn1ccc2cc(S(=O)(=O)N3CCCC3)ccc21)c1ccccc1. The van der Waals surface area contributed by atoms with E-state index in [0.29, 0.717) is 18.0 Å². The fourth-order valence-electron chi connectivity index (χ4n) is 3.82. The van der Waals surface area contributed by atoms with Crippen molar-refractivity contribution in [3.8, 4) is 0 Å². The second kappa shape index (κ2) is 8.00. The summed E-state index contributed by atoms with van der Waals surface area (Å²) in [5.74, 6) is -0.0902. The van der Waals surface area contributed by atoms with Crippen molar-refractivity contribution in [1.29, 1.82) is 0 Å². The van der Waals surface area contributed by atoms with E-state index in [4.69, 9.17) is 0 Å². The van der Waals surface area contributed by atoms with Crippen LogP contribution in [0.4, 0.5) is 0 Å². The predicted molar refractivity (Wildman–Crippen MR) is 113 cm³/mol. The van der Waals surface area contributed by atoms with Crippen molar-refractivity contribution in [2.24, 2.45) is 0 Å². The van der Waals surface area contributed by atoms with Gasteiger partial charge in [0.25, 0.3) is 0 Å². The topological polar surface area (TPSA) is 71.4 Å². The predicted octanol–water partition coefficient (Wildman–Crippen LogP) is 3.30. The third-order valence-corrected chi connectivity index (χ3v) is 7.33. The Bertz CT molecular complexity index is 1120. The van der Waals surface area contributed by atoms with Crippen LogP contribution in [0.5, 0.6) is 0 Å². The van der Waals surface area contributed by atoms with E-state index >= 15 is 0 Å². The highest BCUT2D eigenvalue weighted by atomic mass is 32.2. The molecule has 0 saturated carbocycles. The van der Waals surface area contributed by atoms with E-state index in [1.807, 2.05) is 54.1 Å². The molecule has 1 atom stereocenters. The van der Waals surface area contributed by atoms with Crippen LogP contribution in [0.1, 0.15) is 31.4 Å². The molecule has 0 bridgehead atoms. The quantitative estimate of drug-likeness (QED) is 0.677. The van der Waals surface area contributed by atoms with Gasteiger partial charge in [-0.15, -0.1) is 0 Å². The molecule has 0 radical (unpaired) electrons. The van der Waals surface area contributed by atoms with Crippen molar-refractivity contribution in [2.75, 3.05) is 13.1 Å². The van der Waals surface area contributed by atoms with Crippen LogP contribution in [0.3, 0.4) is 0 Å². The van der Waals surface area contributed by atoms with Crippen molar-refractivity contribution in [3.05, 3.63) is 66.4 Å². The highest BCUT2D eigenvalue weighted by Gasteiger charge is 2.27. The Labute approximate surface area is 171 Å². The zero-order chi connectivity index (χ0) is 20.4. The van der Waals surface area contributed by atoms with Gasteiger partial charge in [0.2, 0.25) is 15.9 Å². The van der Waals surface area contributed by atoms with Crippen LogP contribution in [0, 0.1) is 0 Å². The number of amides is 1. The van der Waals surface area contributed by atoms with E-state index in [9.17, 15) is 13.2 Å². The van der Waals surface area contributed by atoms with Crippen molar-refractivity contribution in [3.63, 3.8) is 0 Å². The number of benzene rings is 2. The molecule has 6 nitrogen and oxygen atoms in total. The molecular weight excluding hydrogens is 386 g/mol. The summed E-state index contributed by atoms with van der Waals surface area (Å²) in [5.41, 5.74) is 1.89. The molecule has 1 aromatic heterocycles. The Kier molecular flexibility index (Phi) is 5.43. The van der Waals surface area contributed by atoms with E-state index < -0.39 is 10.0 Å². The standard InChI is InChI=1S/C22H25N3O3S/c1-17(18-7-3-2-4-8-18)23-22(26)16-24-14-11-19-15-20(9-10-21(19)24)29(27,28)25-12-5-6-13-25/h2-4,7-11,14-15,17H,5-6,12-13,16H2,1H3,(H,23,26)/t17-/m0/s1. The summed E-state index contributed by atoms with van der Waals surface area (Å²) in [7, 11) is -3.45. The van der Waals surface area contributed by atoms with Crippen molar-refractivity contribution in [2.45, 2.75) is 37.2 Å². The number of rotatable bonds is 6. The number of nitrogens with one attached hydrogen (secondary N) is 1. The third kappa shape index (κ3) is 4.06. The maximum atomic E-state index is 12.8. The highest BCUT2D eigenvalue weighted by Crippen LogP contribution is 2.25. The van der Waals surface area contributed by atoms with Gasteiger partial charge >= 0.3 is 0 Å². The highest BCUT2D eigenvalue weighted by molar-refractivity contribution is 7.89. The number of aromatic nitrogens is 1. The first-order chi connectivity index (χ1) is 13.9. The van der Waals surface area contributed by atoms with Crippen LogP contribution in [-0.4, -0.2) is 36.3 Å². The van der Waals surface area contributed by atoms with Crippen LogP contribution in [0.2, 0.25) is 0 Å². The molecule has 4 rings (SSSR count). The van der Waals surface area contributed by atoms with Crippen molar-refractivity contribution in [1.82, 2.24) is 14.2 Å². The zero-order valence-electron chi connectivity index (χ0n) is 16.4. The van der Waals surface area contributed by atoms with E-state index in [1.54, 1.807) is 22.5 Å². The summed E-state index contributed by atoms with van der Waals surface area (Å²) in [4.78, 5) is 12.8. The Hall–Kier alpha value is -2.64. The molecule has 1 amide bonds. The maximum absolute atomic E-state index is 12.8. The Morgan fingerprint density at radius 3 is 2.52 bits per heavy atom. The molecule has 0 spiro atoms. The van der Waals surface area contributed by atoms with E-state index in [1.165, 1.54) is 0 Å².